The summed E-state index contributed by atoms with van der Waals surface area (Å²) in [5, 5.41) is 5.54. The van der Waals surface area contributed by atoms with Gasteiger partial charge in [0.1, 0.15) is 0 Å². The maximum absolute atomic E-state index is 12.1. The van der Waals surface area contributed by atoms with Crippen LogP contribution in [-0.2, 0) is 11.3 Å². The number of hydrogen-bond acceptors (Lipinski definition) is 4. The largest absolute Gasteiger partial charge is 0.350 e. The molecular formula is C15H15N3OS2. The van der Waals surface area contributed by atoms with Gasteiger partial charge in [-0.15, -0.1) is 11.3 Å². The molecule has 0 saturated carbocycles. The van der Waals surface area contributed by atoms with Gasteiger partial charge < -0.3 is 10.3 Å². The lowest BCUT2D eigenvalue weighted by atomic mass is 10.3. The first-order chi connectivity index (χ1) is 10.2. The molecule has 2 aromatic heterocycles. The first-order valence-corrected chi connectivity index (χ1v) is 8.40. The Bertz CT molecular complexity index is 703. The van der Waals surface area contributed by atoms with E-state index in [-0.39, 0.29) is 11.2 Å². The van der Waals surface area contributed by atoms with E-state index in [9.17, 15) is 4.79 Å². The van der Waals surface area contributed by atoms with Crippen molar-refractivity contribution < 1.29 is 4.79 Å². The predicted molar refractivity (Wildman–Crippen MR) is 87.6 cm³/mol. The normalized spacial score (nSPS) is 12.4. The van der Waals surface area contributed by atoms with Crippen molar-refractivity contribution in [2.24, 2.45) is 0 Å². The van der Waals surface area contributed by atoms with Gasteiger partial charge in [0.15, 0.2) is 5.16 Å². The molecule has 0 aliphatic heterocycles. The van der Waals surface area contributed by atoms with Crippen LogP contribution in [0.4, 0.5) is 0 Å². The maximum atomic E-state index is 12.1. The van der Waals surface area contributed by atoms with Gasteiger partial charge >= 0.3 is 0 Å². The molecule has 4 nitrogen and oxygen atoms in total. The summed E-state index contributed by atoms with van der Waals surface area (Å²) >= 11 is 3.08. The fourth-order valence-corrected chi connectivity index (χ4v) is 3.43. The number of nitrogens with zero attached hydrogens (tertiary/aromatic N) is 1. The van der Waals surface area contributed by atoms with E-state index in [1.807, 2.05) is 48.7 Å². The SMILES string of the molecule is C[C@@H](Sc1nc2ccccc2[nH]1)C(=O)NCc1cccs1. The summed E-state index contributed by atoms with van der Waals surface area (Å²) in [6, 6.07) is 11.9. The van der Waals surface area contributed by atoms with Gasteiger partial charge in [-0.05, 0) is 30.5 Å². The topological polar surface area (TPSA) is 57.8 Å². The molecule has 2 N–H and O–H groups in total. The second-order valence-corrected chi connectivity index (χ2v) is 6.98. The summed E-state index contributed by atoms with van der Waals surface area (Å²) in [5.74, 6) is 0.0221. The molecule has 1 amide bonds. The Balaban J connectivity index is 1.59. The number of carbonyl (C=O) groups is 1. The number of rotatable bonds is 5. The first kappa shape index (κ1) is 14.2. The Labute approximate surface area is 131 Å². The van der Waals surface area contributed by atoms with Crippen LogP contribution in [0.15, 0.2) is 46.9 Å². The smallest absolute Gasteiger partial charge is 0.233 e. The summed E-state index contributed by atoms with van der Waals surface area (Å²) in [7, 11) is 0. The van der Waals surface area contributed by atoms with E-state index < -0.39 is 0 Å². The van der Waals surface area contributed by atoms with Crippen LogP contribution < -0.4 is 5.32 Å². The highest BCUT2D eigenvalue weighted by Gasteiger charge is 2.16. The minimum absolute atomic E-state index is 0.0221. The van der Waals surface area contributed by atoms with Crippen LogP contribution >= 0.6 is 23.1 Å². The second kappa shape index (κ2) is 6.32. The lowest BCUT2D eigenvalue weighted by Crippen LogP contribution is -2.30. The number of nitrogens with one attached hydrogen (secondary N) is 2. The summed E-state index contributed by atoms with van der Waals surface area (Å²) in [6.45, 7) is 2.48. The Kier molecular flexibility index (Phi) is 4.26. The monoisotopic (exact) mass is 317 g/mol. The molecule has 0 saturated heterocycles. The van der Waals surface area contributed by atoms with E-state index in [2.05, 4.69) is 15.3 Å². The molecule has 0 bridgehead atoms. The van der Waals surface area contributed by atoms with E-state index in [1.54, 1.807) is 11.3 Å². The molecule has 1 aromatic carbocycles. The van der Waals surface area contributed by atoms with Crippen molar-refractivity contribution in [2.75, 3.05) is 0 Å². The van der Waals surface area contributed by atoms with Gasteiger partial charge in [0.2, 0.25) is 5.91 Å². The number of benzene rings is 1. The van der Waals surface area contributed by atoms with Crippen LogP contribution in [0.2, 0.25) is 0 Å². The number of carbonyl (C=O) groups excluding carboxylic acids is 1. The van der Waals surface area contributed by atoms with Gasteiger partial charge in [0, 0.05) is 4.88 Å². The molecule has 0 radical (unpaired) electrons. The number of thioether (sulfide) groups is 1. The van der Waals surface area contributed by atoms with Crippen LogP contribution in [0, 0.1) is 0 Å². The van der Waals surface area contributed by atoms with Gasteiger partial charge in [0.05, 0.1) is 22.8 Å². The van der Waals surface area contributed by atoms with Gasteiger partial charge in [-0.1, -0.05) is 30.0 Å². The Morgan fingerprint density at radius 2 is 2.24 bits per heavy atom. The highest BCUT2D eigenvalue weighted by molar-refractivity contribution is 8.00. The van der Waals surface area contributed by atoms with Gasteiger partial charge in [0.25, 0.3) is 0 Å². The molecule has 3 rings (SSSR count). The molecule has 6 heteroatoms. The number of imidazole rings is 1. The van der Waals surface area contributed by atoms with E-state index in [1.165, 1.54) is 11.8 Å². The molecule has 2 heterocycles. The van der Waals surface area contributed by atoms with Crippen molar-refractivity contribution in [1.82, 2.24) is 15.3 Å². The molecule has 0 aliphatic rings. The van der Waals surface area contributed by atoms with Crippen LogP contribution in [0.5, 0.6) is 0 Å². The number of hydrogen-bond donors (Lipinski definition) is 2. The van der Waals surface area contributed by atoms with Gasteiger partial charge in [-0.3, -0.25) is 4.79 Å². The Hall–Kier alpha value is -1.79. The summed E-state index contributed by atoms with van der Waals surface area (Å²) in [6.07, 6.45) is 0. The van der Waals surface area contributed by atoms with E-state index in [4.69, 9.17) is 0 Å². The van der Waals surface area contributed by atoms with E-state index >= 15 is 0 Å². The molecule has 0 spiro atoms. The van der Waals surface area contributed by atoms with Gasteiger partial charge in [-0.25, -0.2) is 4.98 Å². The van der Waals surface area contributed by atoms with Crippen molar-refractivity contribution in [3.8, 4) is 0 Å². The number of H-pyrrole nitrogens is 1. The zero-order valence-electron chi connectivity index (χ0n) is 11.5. The lowest BCUT2D eigenvalue weighted by Gasteiger charge is -2.09. The predicted octanol–water partition coefficient (Wildman–Crippen LogP) is 3.42. The molecule has 3 aromatic rings. The fourth-order valence-electron chi connectivity index (χ4n) is 1.94. The average Bonchev–Trinajstić information content (AvgIpc) is 3.13. The minimum Gasteiger partial charge on any atom is -0.350 e. The van der Waals surface area contributed by atoms with E-state index in [0.717, 1.165) is 21.1 Å². The number of amides is 1. The molecule has 21 heavy (non-hydrogen) atoms. The molecule has 108 valence electrons. The van der Waals surface area contributed by atoms with Crippen molar-refractivity contribution in [1.29, 1.82) is 0 Å². The second-order valence-electron chi connectivity index (χ2n) is 4.62. The Morgan fingerprint density at radius 1 is 1.38 bits per heavy atom. The number of aromatic nitrogens is 2. The van der Waals surface area contributed by atoms with Crippen LogP contribution in [0.3, 0.4) is 0 Å². The zero-order chi connectivity index (χ0) is 14.7. The quantitative estimate of drug-likeness (QED) is 0.709. The zero-order valence-corrected chi connectivity index (χ0v) is 13.1. The standard InChI is InChI=1S/C15H15N3OS2/c1-10(14(19)16-9-11-5-4-8-20-11)21-15-17-12-6-2-3-7-13(12)18-15/h2-8,10H,9H2,1H3,(H,16,19)(H,17,18)/t10-/m1/s1. The summed E-state index contributed by atoms with van der Waals surface area (Å²) < 4.78 is 0. The molecule has 1 atom stereocenters. The third-order valence-corrected chi connectivity index (χ3v) is 4.90. The fraction of sp³-hybridized carbons (Fsp3) is 0.200. The Morgan fingerprint density at radius 3 is 3.00 bits per heavy atom. The van der Waals surface area contributed by atoms with Crippen molar-refractivity contribution in [3.05, 3.63) is 46.7 Å². The molecule has 0 unspecified atom stereocenters. The van der Waals surface area contributed by atoms with Gasteiger partial charge in [-0.2, -0.15) is 0 Å². The van der Waals surface area contributed by atoms with E-state index in [0.29, 0.717) is 6.54 Å². The van der Waals surface area contributed by atoms with Crippen molar-refractivity contribution in [2.45, 2.75) is 23.9 Å². The maximum Gasteiger partial charge on any atom is 0.233 e. The number of aromatic amines is 1. The molecule has 0 fully saturated rings. The summed E-state index contributed by atoms with van der Waals surface area (Å²) in [4.78, 5) is 20.9. The highest BCUT2D eigenvalue weighted by atomic mass is 32.2. The average molecular weight is 317 g/mol. The number of fused-ring (bicyclic) bond motifs is 1. The minimum atomic E-state index is -0.189. The van der Waals surface area contributed by atoms with Crippen LogP contribution in [0.25, 0.3) is 11.0 Å². The lowest BCUT2D eigenvalue weighted by molar-refractivity contribution is -0.120. The molecular weight excluding hydrogens is 302 g/mol. The molecule has 0 aliphatic carbocycles. The van der Waals surface area contributed by atoms with Crippen molar-refractivity contribution >= 4 is 40.0 Å². The third-order valence-electron chi connectivity index (χ3n) is 3.04. The first-order valence-electron chi connectivity index (χ1n) is 6.64. The van der Waals surface area contributed by atoms with Crippen LogP contribution in [-0.4, -0.2) is 21.1 Å². The number of thiophene rings is 1. The number of para-hydroxylation sites is 2. The van der Waals surface area contributed by atoms with Crippen LogP contribution in [0.1, 0.15) is 11.8 Å². The summed E-state index contributed by atoms with van der Waals surface area (Å²) in [5.41, 5.74) is 1.91. The highest BCUT2D eigenvalue weighted by Crippen LogP contribution is 2.23. The third kappa shape index (κ3) is 3.46. The van der Waals surface area contributed by atoms with Crippen molar-refractivity contribution in [3.63, 3.8) is 0 Å².